The second-order valence-corrected chi connectivity index (χ2v) is 13.7. The van der Waals surface area contributed by atoms with Gasteiger partial charge in [0.2, 0.25) is 0 Å². The lowest BCUT2D eigenvalue weighted by Crippen LogP contribution is -2.52. The number of aliphatic hydroxyl groups is 2. The van der Waals surface area contributed by atoms with E-state index >= 15 is 0 Å². The summed E-state index contributed by atoms with van der Waals surface area (Å²) in [4.78, 5) is 0. The highest BCUT2D eigenvalue weighted by atomic mass is 16.3. The van der Waals surface area contributed by atoms with E-state index in [-0.39, 0.29) is 0 Å². The Morgan fingerprint density at radius 1 is 1.03 bits per heavy atom. The van der Waals surface area contributed by atoms with Crippen LogP contribution in [0.15, 0.2) is 11.6 Å². The first-order chi connectivity index (χ1) is 14.3. The zero-order valence-corrected chi connectivity index (χ0v) is 21.5. The maximum Gasteiger partial charge on any atom is 0.0657 e. The molecule has 2 heteroatoms. The molecule has 0 aromatic heterocycles. The SMILES string of the molecule is CC(C)C(C)(O)CC[C@@H](C)[C@H]1CC[C@H]2[C@@H]3CC=C4C[C@@](C)(O)CC[C@]4(C)[C@H]3CC[C@]12C. The third kappa shape index (κ3) is 3.96. The van der Waals surface area contributed by atoms with Crippen LogP contribution in [0.4, 0.5) is 0 Å². The molecule has 0 radical (unpaired) electrons. The number of fused-ring (bicyclic) bond motifs is 5. The Morgan fingerprint density at radius 2 is 1.74 bits per heavy atom. The molecule has 0 heterocycles. The third-order valence-corrected chi connectivity index (χ3v) is 11.5. The van der Waals surface area contributed by atoms with E-state index in [9.17, 15) is 10.2 Å². The van der Waals surface area contributed by atoms with E-state index in [2.05, 4.69) is 40.7 Å². The normalized spacial score (nSPS) is 47.7. The van der Waals surface area contributed by atoms with Crippen molar-refractivity contribution < 1.29 is 10.2 Å². The topological polar surface area (TPSA) is 40.5 Å². The van der Waals surface area contributed by atoms with Crippen LogP contribution in [0.5, 0.6) is 0 Å². The lowest BCUT2D eigenvalue weighted by atomic mass is 9.46. The van der Waals surface area contributed by atoms with Gasteiger partial charge in [-0.2, -0.15) is 0 Å². The Kier molecular flexibility index (Phi) is 6.04. The minimum atomic E-state index is -0.536. The second kappa shape index (κ2) is 7.86. The quantitative estimate of drug-likeness (QED) is 0.455. The smallest absolute Gasteiger partial charge is 0.0657 e. The van der Waals surface area contributed by atoms with Gasteiger partial charge in [0.1, 0.15) is 0 Å². The van der Waals surface area contributed by atoms with Gasteiger partial charge in [-0.25, -0.2) is 0 Å². The summed E-state index contributed by atoms with van der Waals surface area (Å²) in [5.74, 6) is 4.35. The summed E-state index contributed by atoms with van der Waals surface area (Å²) in [6.07, 6.45) is 14.5. The highest BCUT2D eigenvalue weighted by Crippen LogP contribution is 2.67. The van der Waals surface area contributed by atoms with Crippen LogP contribution in [0.25, 0.3) is 0 Å². The first-order valence-electron chi connectivity index (χ1n) is 13.4. The van der Waals surface area contributed by atoms with E-state index in [1.54, 1.807) is 5.57 Å². The molecule has 0 aromatic rings. The summed E-state index contributed by atoms with van der Waals surface area (Å²) in [5, 5.41) is 21.5. The molecule has 0 bridgehead atoms. The van der Waals surface area contributed by atoms with Crippen LogP contribution >= 0.6 is 0 Å². The molecule has 3 saturated carbocycles. The summed E-state index contributed by atoms with van der Waals surface area (Å²) < 4.78 is 0. The van der Waals surface area contributed by atoms with Gasteiger partial charge in [-0.1, -0.05) is 46.3 Å². The maximum absolute atomic E-state index is 10.8. The molecule has 2 N–H and O–H groups in total. The van der Waals surface area contributed by atoms with E-state index < -0.39 is 11.2 Å². The minimum absolute atomic E-state index is 0.322. The van der Waals surface area contributed by atoms with Crippen LogP contribution < -0.4 is 0 Å². The van der Waals surface area contributed by atoms with Crippen LogP contribution in [0.2, 0.25) is 0 Å². The Morgan fingerprint density at radius 3 is 2.42 bits per heavy atom. The standard InChI is InChI=1S/C29H50O2/c1-19(2)29(7,31)15-12-20(3)23-10-11-24-22-9-8-21-18-26(4,30)16-17-27(21,5)25(22)13-14-28(23,24)6/h8,19-20,22-25,30-31H,9-18H2,1-7H3/t20-,22+,23-,24+,25+,26+,27+,28-,29?/m1/s1. The molecule has 4 aliphatic carbocycles. The molecular weight excluding hydrogens is 380 g/mol. The molecule has 0 aromatic carbocycles. The number of rotatable bonds is 5. The summed E-state index contributed by atoms with van der Waals surface area (Å²) in [7, 11) is 0. The van der Waals surface area contributed by atoms with Crippen LogP contribution in [0, 0.1) is 46.3 Å². The molecule has 1 unspecified atom stereocenters. The number of hydrogen-bond acceptors (Lipinski definition) is 2. The van der Waals surface area contributed by atoms with Crippen LogP contribution in [0.1, 0.15) is 113 Å². The molecule has 0 aliphatic heterocycles. The van der Waals surface area contributed by atoms with Crippen molar-refractivity contribution in [2.75, 3.05) is 0 Å². The molecule has 0 saturated heterocycles. The van der Waals surface area contributed by atoms with E-state index in [1.165, 1.54) is 38.5 Å². The first-order valence-corrected chi connectivity index (χ1v) is 13.4. The average Bonchev–Trinajstić information content (AvgIpc) is 3.04. The molecule has 4 rings (SSSR count). The molecule has 4 aliphatic rings. The van der Waals surface area contributed by atoms with Crippen molar-refractivity contribution in [2.45, 2.75) is 124 Å². The Labute approximate surface area is 192 Å². The highest BCUT2D eigenvalue weighted by molar-refractivity contribution is 5.26. The lowest BCUT2D eigenvalue weighted by Gasteiger charge is -2.59. The van der Waals surface area contributed by atoms with Gasteiger partial charge in [0.15, 0.2) is 0 Å². The van der Waals surface area contributed by atoms with Crippen molar-refractivity contribution in [3.8, 4) is 0 Å². The minimum Gasteiger partial charge on any atom is -0.390 e. The van der Waals surface area contributed by atoms with Gasteiger partial charge in [0, 0.05) is 0 Å². The summed E-state index contributed by atoms with van der Waals surface area (Å²) >= 11 is 0. The molecule has 0 spiro atoms. The van der Waals surface area contributed by atoms with Crippen molar-refractivity contribution >= 4 is 0 Å². The van der Waals surface area contributed by atoms with Crippen molar-refractivity contribution in [2.24, 2.45) is 46.3 Å². The van der Waals surface area contributed by atoms with Gasteiger partial charge in [0.25, 0.3) is 0 Å². The second-order valence-electron chi connectivity index (χ2n) is 13.7. The summed E-state index contributed by atoms with van der Waals surface area (Å²) in [5.41, 5.74) is 1.35. The van der Waals surface area contributed by atoms with Crippen molar-refractivity contribution in [1.29, 1.82) is 0 Å². The largest absolute Gasteiger partial charge is 0.390 e. The van der Waals surface area contributed by atoms with Gasteiger partial charge in [-0.15, -0.1) is 0 Å². The van der Waals surface area contributed by atoms with Gasteiger partial charge < -0.3 is 10.2 Å². The Hall–Kier alpha value is -0.340. The zero-order chi connectivity index (χ0) is 22.8. The Bertz CT molecular complexity index is 704. The van der Waals surface area contributed by atoms with Gasteiger partial charge in [-0.05, 0) is 124 Å². The van der Waals surface area contributed by atoms with Crippen molar-refractivity contribution in [3.05, 3.63) is 11.6 Å². The molecule has 31 heavy (non-hydrogen) atoms. The third-order valence-electron chi connectivity index (χ3n) is 11.5. The zero-order valence-electron chi connectivity index (χ0n) is 21.5. The molecule has 9 atom stereocenters. The molecule has 178 valence electrons. The highest BCUT2D eigenvalue weighted by Gasteiger charge is 2.59. The summed E-state index contributed by atoms with van der Waals surface area (Å²) in [6, 6.07) is 0. The molecule has 0 amide bonds. The monoisotopic (exact) mass is 430 g/mol. The molecular formula is C29H50O2. The lowest BCUT2D eigenvalue weighted by molar-refractivity contribution is -0.0721. The fourth-order valence-electron chi connectivity index (χ4n) is 8.79. The number of hydrogen-bond donors (Lipinski definition) is 2. The van der Waals surface area contributed by atoms with E-state index in [0.29, 0.717) is 22.7 Å². The fraction of sp³-hybridized carbons (Fsp3) is 0.931. The van der Waals surface area contributed by atoms with Gasteiger partial charge in [0.05, 0.1) is 11.2 Å². The van der Waals surface area contributed by atoms with E-state index in [4.69, 9.17) is 0 Å². The van der Waals surface area contributed by atoms with E-state index in [0.717, 1.165) is 49.4 Å². The van der Waals surface area contributed by atoms with Crippen LogP contribution in [-0.4, -0.2) is 21.4 Å². The van der Waals surface area contributed by atoms with Crippen molar-refractivity contribution in [3.63, 3.8) is 0 Å². The molecule has 3 fully saturated rings. The van der Waals surface area contributed by atoms with Gasteiger partial charge in [-0.3, -0.25) is 0 Å². The van der Waals surface area contributed by atoms with E-state index in [1.807, 2.05) is 13.8 Å². The predicted molar refractivity (Wildman–Crippen MR) is 130 cm³/mol. The predicted octanol–water partition coefficient (Wildman–Crippen LogP) is 7.14. The van der Waals surface area contributed by atoms with Crippen molar-refractivity contribution in [1.82, 2.24) is 0 Å². The summed E-state index contributed by atoms with van der Waals surface area (Å²) in [6.45, 7) is 16.0. The average molecular weight is 431 g/mol. The molecule has 2 nitrogen and oxygen atoms in total. The van der Waals surface area contributed by atoms with Crippen LogP contribution in [-0.2, 0) is 0 Å². The number of allylic oxidation sites excluding steroid dienone is 1. The fourth-order valence-corrected chi connectivity index (χ4v) is 8.79. The Balaban J connectivity index is 1.49. The maximum atomic E-state index is 10.8. The van der Waals surface area contributed by atoms with Crippen LogP contribution in [0.3, 0.4) is 0 Å². The first kappa shape index (κ1) is 23.8. The van der Waals surface area contributed by atoms with Gasteiger partial charge >= 0.3 is 0 Å².